The van der Waals surface area contributed by atoms with E-state index < -0.39 is 18.5 Å². The first-order chi connectivity index (χ1) is 10.4. The van der Waals surface area contributed by atoms with E-state index in [9.17, 15) is 18.0 Å². The van der Waals surface area contributed by atoms with Crippen molar-refractivity contribution >= 4 is 11.6 Å². The second kappa shape index (κ2) is 5.58. The number of carbonyl (C=O) groups excluding carboxylic acids is 1. The lowest BCUT2D eigenvalue weighted by Gasteiger charge is -2.31. The Morgan fingerprint density at radius 3 is 2.64 bits per heavy atom. The zero-order valence-electron chi connectivity index (χ0n) is 11.8. The summed E-state index contributed by atoms with van der Waals surface area (Å²) in [7, 11) is 0. The molecule has 1 fully saturated rings. The van der Waals surface area contributed by atoms with Gasteiger partial charge in [0.2, 0.25) is 5.91 Å². The highest BCUT2D eigenvalue weighted by Crippen LogP contribution is 2.28. The molecule has 1 amide bonds. The highest BCUT2D eigenvalue weighted by Gasteiger charge is 2.35. The van der Waals surface area contributed by atoms with Crippen LogP contribution in [-0.2, 0) is 4.79 Å². The van der Waals surface area contributed by atoms with Crippen molar-refractivity contribution in [3.05, 3.63) is 30.2 Å². The molecular formula is C14H15F3N4O. The zero-order valence-corrected chi connectivity index (χ0v) is 11.8. The summed E-state index contributed by atoms with van der Waals surface area (Å²) in [5.41, 5.74) is 0.744. The molecule has 0 saturated carbocycles. The lowest BCUT2D eigenvalue weighted by atomic mass is 9.95. The van der Waals surface area contributed by atoms with Gasteiger partial charge in [0.15, 0.2) is 5.65 Å². The van der Waals surface area contributed by atoms with E-state index in [1.165, 1.54) is 4.90 Å². The van der Waals surface area contributed by atoms with E-state index in [0.717, 1.165) is 11.5 Å². The van der Waals surface area contributed by atoms with Crippen LogP contribution >= 0.6 is 0 Å². The topological polar surface area (TPSA) is 50.5 Å². The van der Waals surface area contributed by atoms with Crippen LogP contribution in [0.15, 0.2) is 24.4 Å². The van der Waals surface area contributed by atoms with E-state index >= 15 is 0 Å². The summed E-state index contributed by atoms with van der Waals surface area (Å²) in [4.78, 5) is 12.9. The Kier molecular flexibility index (Phi) is 3.76. The maximum atomic E-state index is 12.3. The number of amides is 1. The molecule has 3 rings (SSSR count). The molecule has 0 bridgehead atoms. The number of pyridine rings is 1. The number of halogens is 3. The van der Waals surface area contributed by atoms with E-state index in [-0.39, 0.29) is 5.92 Å². The molecule has 0 aromatic carbocycles. The number of likely N-dealkylation sites (tertiary alicyclic amines) is 1. The van der Waals surface area contributed by atoms with Crippen molar-refractivity contribution in [2.75, 3.05) is 13.1 Å². The van der Waals surface area contributed by atoms with Crippen LogP contribution in [0, 0.1) is 0 Å². The average molecular weight is 312 g/mol. The molecular weight excluding hydrogens is 297 g/mol. The van der Waals surface area contributed by atoms with Gasteiger partial charge in [0, 0.05) is 25.2 Å². The second-order valence-electron chi connectivity index (χ2n) is 5.43. The molecule has 8 heteroatoms. The van der Waals surface area contributed by atoms with Crippen LogP contribution in [0.2, 0.25) is 0 Å². The Labute approximate surface area is 124 Å². The number of fused-ring (bicyclic) bond motifs is 1. The van der Waals surface area contributed by atoms with Crippen molar-refractivity contribution in [1.82, 2.24) is 19.5 Å². The largest absolute Gasteiger partial charge is 0.397 e. The van der Waals surface area contributed by atoms with Crippen molar-refractivity contribution in [1.29, 1.82) is 0 Å². The molecule has 3 heterocycles. The molecule has 118 valence electrons. The Morgan fingerprint density at radius 2 is 1.95 bits per heavy atom. The van der Waals surface area contributed by atoms with Crippen molar-refractivity contribution in [2.24, 2.45) is 0 Å². The summed E-state index contributed by atoms with van der Waals surface area (Å²) < 4.78 is 38.7. The van der Waals surface area contributed by atoms with Gasteiger partial charge in [-0.2, -0.15) is 13.2 Å². The van der Waals surface area contributed by atoms with Crippen LogP contribution in [-0.4, -0.2) is 44.7 Å². The maximum absolute atomic E-state index is 12.3. The van der Waals surface area contributed by atoms with Crippen LogP contribution in [0.5, 0.6) is 0 Å². The van der Waals surface area contributed by atoms with Crippen molar-refractivity contribution < 1.29 is 18.0 Å². The third-order valence-electron chi connectivity index (χ3n) is 3.90. The minimum absolute atomic E-state index is 0.104. The van der Waals surface area contributed by atoms with Gasteiger partial charge in [-0.05, 0) is 25.0 Å². The minimum atomic E-state index is -4.45. The third-order valence-corrected chi connectivity index (χ3v) is 3.90. The Hall–Kier alpha value is -2.12. The van der Waals surface area contributed by atoms with Gasteiger partial charge in [0.25, 0.3) is 0 Å². The number of hydrogen-bond acceptors (Lipinski definition) is 3. The van der Waals surface area contributed by atoms with Gasteiger partial charge in [0.1, 0.15) is 12.2 Å². The zero-order chi connectivity index (χ0) is 15.7. The molecule has 1 aliphatic heterocycles. The number of carbonyl (C=O) groups is 1. The van der Waals surface area contributed by atoms with Crippen molar-refractivity contribution in [2.45, 2.75) is 31.4 Å². The van der Waals surface area contributed by atoms with Gasteiger partial charge in [0.05, 0.1) is 0 Å². The highest BCUT2D eigenvalue weighted by atomic mass is 19.4. The van der Waals surface area contributed by atoms with Gasteiger partial charge in [-0.15, -0.1) is 10.2 Å². The lowest BCUT2D eigenvalue weighted by molar-refractivity contribution is -0.162. The quantitative estimate of drug-likeness (QED) is 0.855. The predicted octanol–water partition coefficient (Wildman–Crippen LogP) is 2.39. The lowest BCUT2D eigenvalue weighted by Crippen LogP contribution is -2.40. The Bertz CT molecular complexity index is 674. The smallest absolute Gasteiger partial charge is 0.342 e. The van der Waals surface area contributed by atoms with Crippen LogP contribution in [0.3, 0.4) is 0 Å². The first-order valence-corrected chi connectivity index (χ1v) is 7.08. The standard InChI is InChI=1S/C14H15F3N4O/c15-14(16,17)9-12(22)20-7-4-10(5-8-20)13-19-18-11-3-1-2-6-21(11)13/h1-3,6,10H,4-5,7-9H2. The maximum Gasteiger partial charge on any atom is 0.397 e. The van der Waals surface area contributed by atoms with Crippen LogP contribution in [0.4, 0.5) is 13.2 Å². The average Bonchev–Trinajstić information content (AvgIpc) is 2.89. The highest BCUT2D eigenvalue weighted by molar-refractivity contribution is 5.76. The molecule has 0 atom stereocenters. The van der Waals surface area contributed by atoms with Crippen LogP contribution in [0.1, 0.15) is 31.0 Å². The fraction of sp³-hybridized carbons (Fsp3) is 0.500. The molecule has 22 heavy (non-hydrogen) atoms. The number of aromatic nitrogens is 3. The van der Waals surface area contributed by atoms with Crippen molar-refractivity contribution in [3.63, 3.8) is 0 Å². The molecule has 0 spiro atoms. The molecule has 0 radical (unpaired) electrons. The molecule has 0 unspecified atom stereocenters. The number of piperidine rings is 1. The minimum Gasteiger partial charge on any atom is -0.342 e. The van der Waals surface area contributed by atoms with E-state index in [4.69, 9.17) is 0 Å². The summed E-state index contributed by atoms with van der Waals surface area (Å²) in [6.45, 7) is 0.642. The van der Waals surface area contributed by atoms with Gasteiger partial charge >= 0.3 is 6.18 Å². The number of nitrogens with zero attached hydrogens (tertiary/aromatic N) is 4. The fourth-order valence-electron chi connectivity index (χ4n) is 2.81. The van der Waals surface area contributed by atoms with E-state index in [0.29, 0.717) is 25.9 Å². The van der Waals surface area contributed by atoms with E-state index in [1.807, 2.05) is 28.8 Å². The summed E-state index contributed by atoms with van der Waals surface area (Å²) >= 11 is 0. The summed E-state index contributed by atoms with van der Waals surface area (Å²) in [6, 6.07) is 5.59. The first-order valence-electron chi connectivity index (χ1n) is 7.08. The van der Waals surface area contributed by atoms with Crippen LogP contribution < -0.4 is 0 Å². The number of hydrogen-bond donors (Lipinski definition) is 0. The second-order valence-corrected chi connectivity index (χ2v) is 5.43. The molecule has 2 aromatic heterocycles. The predicted molar refractivity (Wildman–Crippen MR) is 72.2 cm³/mol. The van der Waals surface area contributed by atoms with Gasteiger partial charge < -0.3 is 4.90 Å². The molecule has 5 nitrogen and oxygen atoms in total. The Balaban J connectivity index is 1.66. The summed E-state index contributed by atoms with van der Waals surface area (Å²) in [5, 5.41) is 8.26. The number of rotatable bonds is 2. The van der Waals surface area contributed by atoms with Gasteiger partial charge in [-0.25, -0.2) is 0 Å². The molecule has 1 aliphatic rings. The summed E-state index contributed by atoms with van der Waals surface area (Å²) in [5.74, 6) is 0.0582. The fourth-order valence-corrected chi connectivity index (χ4v) is 2.81. The monoisotopic (exact) mass is 312 g/mol. The molecule has 0 N–H and O–H groups in total. The van der Waals surface area contributed by atoms with Crippen LogP contribution in [0.25, 0.3) is 5.65 Å². The Morgan fingerprint density at radius 1 is 1.23 bits per heavy atom. The summed E-state index contributed by atoms with van der Waals surface area (Å²) in [6.07, 6.45) is -2.77. The van der Waals surface area contributed by atoms with Gasteiger partial charge in [-0.1, -0.05) is 6.07 Å². The molecule has 1 saturated heterocycles. The van der Waals surface area contributed by atoms with Crippen molar-refractivity contribution in [3.8, 4) is 0 Å². The molecule has 0 aliphatic carbocycles. The SMILES string of the molecule is O=C(CC(F)(F)F)N1CCC(c2nnc3ccccn23)CC1. The van der Waals surface area contributed by atoms with Gasteiger partial charge in [-0.3, -0.25) is 9.20 Å². The van der Waals surface area contributed by atoms with E-state index in [2.05, 4.69) is 10.2 Å². The third kappa shape index (κ3) is 3.05. The van der Waals surface area contributed by atoms with E-state index in [1.54, 1.807) is 0 Å². The number of alkyl halides is 3. The molecule has 2 aromatic rings. The normalized spacial score (nSPS) is 17.1. The first kappa shape index (κ1) is 14.8.